The summed E-state index contributed by atoms with van der Waals surface area (Å²) in [6.45, 7) is 1.58. The third-order valence-corrected chi connectivity index (χ3v) is 3.53. The summed E-state index contributed by atoms with van der Waals surface area (Å²) in [5, 5.41) is 11.7. The van der Waals surface area contributed by atoms with E-state index in [0.717, 1.165) is 30.3 Å². The molecule has 1 aliphatic heterocycles. The van der Waals surface area contributed by atoms with Crippen LogP contribution in [0.3, 0.4) is 0 Å². The maximum absolute atomic E-state index is 11.1. The summed E-state index contributed by atoms with van der Waals surface area (Å²) in [7, 11) is 0. The van der Waals surface area contributed by atoms with Crippen molar-refractivity contribution in [3.8, 4) is 0 Å². The molecule has 1 aliphatic rings. The molecule has 3 rings (SSSR count). The van der Waals surface area contributed by atoms with Gasteiger partial charge in [-0.15, -0.1) is 10.2 Å². The van der Waals surface area contributed by atoms with E-state index in [1.807, 2.05) is 12.1 Å². The van der Waals surface area contributed by atoms with Crippen molar-refractivity contribution in [3.63, 3.8) is 0 Å². The Morgan fingerprint density at radius 2 is 2.25 bits per heavy atom. The predicted octanol–water partition coefficient (Wildman–Crippen LogP) is 1.33. The molecule has 0 fully saturated rings. The van der Waals surface area contributed by atoms with E-state index in [4.69, 9.17) is 5.73 Å². The number of benzene rings is 1. The van der Waals surface area contributed by atoms with Crippen LogP contribution in [0.15, 0.2) is 24.3 Å². The highest BCUT2D eigenvalue weighted by Crippen LogP contribution is 2.16. The third-order valence-electron chi connectivity index (χ3n) is 3.53. The topological polar surface area (TPSA) is 85.8 Å². The van der Waals surface area contributed by atoms with Crippen LogP contribution in [0.5, 0.6) is 0 Å². The van der Waals surface area contributed by atoms with Gasteiger partial charge in [-0.05, 0) is 31.0 Å². The minimum Gasteiger partial charge on any atom is -0.378 e. The van der Waals surface area contributed by atoms with Crippen LogP contribution in [0.4, 0.5) is 5.69 Å². The lowest BCUT2D eigenvalue weighted by molar-refractivity contribution is 0.100. The number of fused-ring (bicyclic) bond motifs is 1. The van der Waals surface area contributed by atoms with Gasteiger partial charge < -0.3 is 15.6 Å². The van der Waals surface area contributed by atoms with Crippen LogP contribution >= 0.6 is 0 Å². The lowest BCUT2D eigenvalue weighted by atomic mass is 10.1. The van der Waals surface area contributed by atoms with E-state index < -0.39 is 5.91 Å². The van der Waals surface area contributed by atoms with E-state index in [2.05, 4.69) is 20.1 Å². The number of carbonyl (C=O) groups excluding carboxylic acids is 1. The molecular weight excluding hydrogens is 254 g/mol. The lowest BCUT2D eigenvalue weighted by Gasteiger charge is -2.15. The van der Waals surface area contributed by atoms with Gasteiger partial charge in [0, 0.05) is 24.2 Å². The van der Waals surface area contributed by atoms with Crippen molar-refractivity contribution in [1.82, 2.24) is 14.8 Å². The Labute approximate surface area is 117 Å². The van der Waals surface area contributed by atoms with Gasteiger partial charge in [-0.25, -0.2) is 0 Å². The number of hydrogen-bond acceptors (Lipinski definition) is 4. The highest BCUT2D eigenvalue weighted by Gasteiger charge is 2.15. The van der Waals surface area contributed by atoms with E-state index in [0.29, 0.717) is 12.1 Å². The predicted molar refractivity (Wildman–Crippen MR) is 75.2 cm³/mol. The van der Waals surface area contributed by atoms with Crippen LogP contribution in [0.1, 0.15) is 34.8 Å². The summed E-state index contributed by atoms with van der Waals surface area (Å²) >= 11 is 0. The minimum atomic E-state index is -0.423. The zero-order valence-electron chi connectivity index (χ0n) is 11.2. The molecule has 2 aromatic rings. The molecule has 0 aliphatic carbocycles. The molecule has 0 radical (unpaired) electrons. The molecule has 0 unspecified atom stereocenters. The van der Waals surface area contributed by atoms with Gasteiger partial charge in [-0.3, -0.25) is 4.79 Å². The summed E-state index contributed by atoms with van der Waals surface area (Å²) in [4.78, 5) is 11.1. The maximum atomic E-state index is 11.1. The zero-order valence-corrected chi connectivity index (χ0v) is 11.2. The fourth-order valence-corrected chi connectivity index (χ4v) is 2.46. The first-order valence-corrected chi connectivity index (χ1v) is 6.79. The monoisotopic (exact) mass is 271 g/mol. The van der Waals surface area contributed by atoms with Crippen LogP contribution in [0, 0.1) is 0 Å². The number of primary amides is 1. The van der Waals surface area contributed by atoms with E-state index in [1.54, 1.807) is 12.1 Å². The molecule has 3 N–H and O–H groups in total. The van der Waals surface area contributed by atoms with E-state index in [1.165, 1.54) is 12.8 Å². The van der Waals surface area contributed by atoms with Crippen molar-refractivity contribution in [3.05, 3.63) is 41.5 Å². The number of aromatic nitrogens is 3. The van der Waals surface area contributed by atoms with Gasteiger partial charge in [0.25, 0.3) is 0 Å². The zero-order chi connectivity index (χ0) is 13.9. The van der Waals surface area contributed by atoms with E-state index in [9.17, 15) is 4.79 Å². The number of amides is 1. The second kappa shape index (κ2) is 5.32. The molecule has 0 atom stereocenters. The molecule has 2 heterocycles. The Balaban J connectivity index is 1.72. The first-order chi connectivity index (χ1) is 9.74. The van der Waals surface area contributed by atoms with Gasteiger partial charge in [-0.2, -0.15) is 0 Å². The molecule has 0 saturated carbocycles. The highest BCUT2D eigenvalue weighted by molar-refractivity contribution is 5.93. The average molecular weight is 271 g/mol. The molecule has 0 saturated heterocycles. The number of aryl methyl sites for hydroxylation is 1. The molecule has 1 aromatic heterocycles. The summed E-state index contributed by atoms with van der Waals surface area (Å²) < 4.78 is 2.18. The molecule has 1 amide bonds. The normalized spacial score (nSPS) is 13.8. The van der Waals surface area contributed by atoms with Gasteiger partial charge >= 0.3 is 0 Å². The minimum absolute atomic E-state index is 0.423. The van der Waals surface area contributed by atoms with E-state index >= 15 is 0 Å². The second-order valence-corrected chi connectivity index (χ2v) is 4.94. The highest BCUT2D eigenvalue weighted by atomic mass is 16.1. The Morgan fingerprint density at radius 1 is 1.35 bits per heavy atom. The Bertz CT molecular complexity index is 634. The quantitative estimate of drug-likeness (QED) is 0.878. The number of rotatable bonds is 4. The molecule has 20 heavy (non-hydrogen) atoms. The van der Waals surface area contributed by atoms with Crippen molar-refractivity contribution in [2.24, 2.45) is 5.73 Å². The first-order valence-electron chi connectivity index (χ1n) is 6.79. The van der Waals surface area contributed by atoms with E-state index in [-0.39, 0.29) is 0 Å². The van der Waals surface area contributed by atoms with Crippen LogP contribution < -0.4 is 11.1 Å². The number of nitrogens with zero attached hydrogens (tertiary/aromatic N) is 3. The first kappa shape index (κ1) is 12.7. The summed E-state index contributed by atoms with van der Waals surface area (Å²) in [5.41, 5.74) is 6.63. The number of carbonyl (C=O) groups is 1. The molecule has 104 valence electrons. The second-order valence-electron chi connectivity index (χ2n) is 4.94. The van der Waals surface area contributed by atoms with Gasteiger partial charge in [0.2, 0.25) is 5.91 Å². The Morgan fingerprint density at radius 3 is 3.10 bits per heavy atom. The molecule has 6 nitrogen and oxygen atoms in total. The fraction of sp³-hybridized carbons (Fsp3) is 0.357. The van der Waals surface area contributed by atoms with Gasteiger partial charge in [-0.1, -0.05) is 6.07 Å². The third kappa shape index (κ3) is 2.49. The molecule has 6 heteroatoms. The SMILES string of the molecule is NC(=O)c1cccc(NCc2nnc3n2CCCC3)c1. The van der Waals surface area contributed by atoms with Crippen molar-refractivity contribution < 1.29 is 4.79 Å². The number of nitrogens with two attached hydrogens (primary N) is 1. The number of anilines is 1. The van der Waals surface area contributed by atoms with Crippen molar-refractivity contribution >= 4 is 11.6 Å². The van der Waals surface area contributed by atoms with Crippen molar-refractivity contribution in [1.29, 1.82) is 0 Å². The molecule has 0 bridgehead atoms. The summed E-state index contributed by atoms with van der Waals surface area (Å²) in [6, 6.07) is 7.16. The van der Waals surface area contributed by atoms with Crippen LogP contribution in [-0.2, 0) is 19.5 Å². The maximum Gasteiger partial charge on any atom is 0.248 e. The van der Waals surface area contributed by atoms with Gasteiger partial charge in [0.1, 0.15) is 5.82 Å². The molecular formula is C14H17N5O. The Kier molecular flexibility index (Phi) is 3.37. The lowest BCUT2D eigenvalue weighted by Crippen LogP contribution is -2.15. The van der Waals surface area contributed by atoms with Crippen LogP contribution in [0.25, 0.3) is 0 Å². The summed E-state index contributed by atoms with van der Waals surface area (Å²) in [6.07, 6.45) is 3.37. The van der Waals surface area contributed by atoms with Crippen molar-refractivity contribution in [2.75, 3.05) is 5.32 Å². The number of nitrogens with one attached hydrogen (secondary N) is 1. The average Bonchev–Trinajstić information content (AvgIpc) is 2.89. The molecule has 1 aromatic carbocycles. The Hall–Kier alpha value is -2.37. The van der Waals surface area contributed by atoms with Gasteiger partial charge in [0.05, 0.1) is 6.54 Å². The van der Waals surface area contributed by atoms with Crippen LogP contribution in [-0.4, -0.2) is 20.7 Å². The van der Waals surface area contributed by atoms with Crippen molar-refractivity contribution in [2.45, 2.75) is 32.4 Å². The summed E-state index contributed by atoms with van der Waals surface area (Å²) in [5.74, 6) is 1.58. The molecule has 0 spiro atoms. The fourth-order valence-electron chi connectivity index (χ4n) is 2.46. The van der Waals surface area contributed by atoms with Crippen LogP contribution in [0.2, 0.25) is 0 Å². The standard InChI is InChI=1S/C14H17N5O/c15-14(20)10-4-3-5-11(8-10)16-9-13-18-17-12-6-1-2-7-19(12)13/h3-5,8,16H,1-2,6-7,9H2,(H2,15,20). The smallest absolute Gasteiger partial charge is 0.248 e. The number of hydrogen-bond donors (Lipinski definition) is 2. The largest absolute Gasteiger partial charge is 0.378 e. The van der Waals surface area contributed by atoms with Gasteiger partial charge in [0.15, 0.2) is 5.82 Å².